The molecule has 0 spiro atoms. The van der Waals surface area contributed by atoms with Crippen molar-refractivity contribution in [2.24, 2.45) is 16.6 Å². The number of fused-ring (bicyclic) bond motifs is 1. The molecule has 1 heterocycles. The number of benzene rings is 1. The van der Waals surface area contributed by atoms with E-state index in [9.17, 15) is 4.79 Å². The SMILES string of the molecule is CC(C)CN=C(N)NCCCC(=O)N1Cc2ccccc2C1. The van der Waals surface area contributed by atoms with Crippen molar-refractivity contribution in [1.82, 2.24) is 10.2 Å². The first-order valence-electron chi connectivity index (χ1n) is 7.94. The first-order chi connectivity index (χ1) is 10.6. The van der Waals surface area contributed by atoms with Gasteiger partial charge in [-0.3, -0.25) is 9.79 Å². The Morgan fingerprint density at radius 1 is 1.32 bits per heavy atom. The molecule has 1 amide bonds. The number of nitrogens with zero attached hydrogens (tertiary/aromatic N) is 2. The number of hydrogen-bond acceptors (Lipinski definition) is 2. The molecule has 22 heavy (non-hydrogen) atoms. The Hall–Kier alpha value is -2.04. The van der Waals surface area contributed by atoms with E-state index < -0.39 is 0 Å². The Balaban J connectivity index is 1.66. The third-order valence-electron chi connectivity index (χ3n) is 3.69. The van der Waals surface area contributed by atoms with Crippen molar-refractivity contribution in [3.63, 3.8) is 0 Å². The molecule has 5 nitrogen and oxygen atoms in total. The van der Waals surface area contributed by atoms with Gasteiger partial charge in [-0.15, -0.1) is 0 Å². The van der Waals surface area contributed by atoms with E-state index in [4.69, 9.17) is 5.73 Å². The second-order valence-electron chi connectivity index (χ2n) is 6.17. The summed E-state index contributed by atoms with van der Waals surface area (Å²) in [5.74, 6) is 1.17. The minimum absolute atomic E-state index is 0.204. The minimum Gasteiger partial charge on any atom is -0.370 e. The molecule has 0 aliphatic carbocycles. The highest BCUT2D eigenvalue weighted by Gasteiger charge is 2.22. The third kappa shape index (κ3) is 4.76. The van der Waals surface area contributed by atoms with E-state index in [0.717, 1.165) is 26.1 Å². The summed E-state index contributed by atoms with van der Waals surface area (Å²) in [6, 6.07) is 8.23. The first kappa shape index (κ1) is 16.3. The van der Waals surface area contributed by atoms with E-state index >= 15 is 0 Å². The summed E-state index contributed by atoms with van der Waals surface area (Å²) in [4.78, 5) is 18.4. The molecule has 3 N–H and O–H groups in total. The highest BCUT2D eigenvalue weighted by atomic mass is 16.2. The summed E-state index contributed by atoms with van der Waals surface area (Å²) in [5.41, 5.74) is 8.29. The zero-order valence-corrected chi connectivity index (χ0v) is 13.5. The maximum atomic E-state index is 12.2. The fraction of sp³-hybridized carbons (Fsp3) is 0.529. The molecule has 1 aliphatic rings. The summed E-state index contributed by atoms with van der Waals surface area (Å²) in [6.45, 7) is 7.08. The molecule has 0 bridgehead atoms. The fourth-order valence-corrected chi connectivity index (χ4v) is 2.46. The molecule has 5 heteroatoms. The number of carbonyl (C=O) groups is 1. The molecule has 1 aromatic rings. The Bertz CT molecular complexity index is 514. The van der Waals surface area contributed by atoms with Gasteiger partial charge in [0.15, 0.2) is 5.96 Å². The first-order valence-corrected chi connectivity index (χ1v) is 7.94. The number of rotatable bonds is 6. The van der Waals surface area contributed by atoms with Crippen LogP contribution in [0.2, 0.25) is 0 Å². The van der Waals surface area contributed by atoms with Crippen LogP contribution in [0, 0.1) is 5.92 Å². The number of aliphatic imine (C=N–C) groups is 1. The Labute approximate surface area is 132 Å². The Morgan fingerprint density at radius 2 is 1.95 bits per heavy atom. The molecule has 1 aliphatic heterocycles. The Kier molecular flexibility index (Phi) is 5.81. The standard InChI is InChI=1S/C17H26N4O/c1-13(2)10-20-17(18)19-9-5-8-16(22)21-11-14-6-3-4-7-15(14)12-21/h3-4,6-7,13H,5,8-12H2,1-2H3,(H3,18,19,20). The van der Waals surface area contributed by atoms with Crippen molar-refractivity contribution in [3.8, 4) is 0 Å². The highest BCUT2D eigenvalue weighted by molar-refractivity contribution is 5.78. The summed E-state index contributed by atoms with van der Waals surface area (Å²) >= 11 is 0. The van der Waals surface area contributed by atoms with Crippen LogP contribution in [-0.2, 0) is 17.9 Å². The van der Waals surface area contributed by atoms with Crippen LogP contribution in [0.25, 0.3) is 0 Å². The molecular weight excluding hydrogens is 276 g/mol. The molecule has 0 unspecified atom stereocenters. The molecular formula is C17H26N4O. The minimum atomic E-state index is 0.204. The van der Waals surface area contributed by atoms with E-state index in [1.165, 1.54) is 11.1 Å². The van der Waals surface area contributed by atoms with Gasteiger partial charge < -0.3 is 16.0 Å². The van der Waals surface area contributed by atoms with Gasteiger partial charge >= 0.3 is 0 Å². The van der Waals surface area contributed by atoms with Gasteiger partial charge in [-0.25, -0.2) is 0 Å². The zero-order chi connectivity index (χ0) is 15.9. The average Bonchev–Trinajstić information content (AvgIpc) is 2.93. The second kappa shape index (κ2) is 7.82. The van der Waals surface area contributed by atoms with Crippen LogP contribution in [0.4, 0.5) is 0 Å². The smallest absolute Gasteiger partial charge is 0.223 e. The van der Waals surface area contributed by atoms with Crippen LogP contribution >= 0.6 is 0 Å². The normalized spacial score (nSPS) is 14.3. The summed E-state index contributed by atoms with van der Waals surface area (Å²) in [7, 11) is 0. The van der Waals surface area contributed by atoms with Gasteiger partial charge in [-0.2, -0.15) is 0 Å². The van der Waals surface area contributed by atoms with Gasteiger partial charge in [-0.1, -0.05) is 38.1 Å². The lowest BCUT2D eigenvalue weighted by molar-refractivity contribution is -0.131. The third-order valence-corrected chi connectivity index (χ3v) is 3.69. The van der Waals surface area contributed by atoms with Gasteiger partial charge in [0.05, 0.1) is 0 Å². The Morgan fingerprint density at radius 3 is 2.55 bits per heavy atom. The topological polar surface area (TPSA) is 70.7 Å². The van der Waals surface area contributed by atoms with Crippen LogP contribution in [0.1, 0.15) is 37.8 Å². The zero-order valence-electron chi connectivity index (χ0n) is 13.5. The predicted octanol–water partition coefficient (Wildman–Crippen LogP) is 1.87. The van der Waals surface area contributed by atoms with E-state index in [-0.39, 0.29) is 5.91 Å². The number of amides is 1. The number of hydrogen-bond donors (Lipinski definition) is 2. The van der Waals surface area contributed by atoms with Crippen molar-refractivity contribution in [3.05, 3.63) is 35.4 Å². The fourth-order valence-electron chi connectivity index (χ4n) is 2.46. The molecule has 0 fully saturated rings. The van der Waals surface area contributed by atoms with Gasteiger partial charge in [0.2, 0.25) is 5.91 Å². The molecule has 0 saturated heterocycles. The van der Waals surface area contributed by atoms with Gasteiger partial charge in [0.1, 0.15) is 0 Å². The maximum Gasteiger partial charge on any atom is 0.223 e. The van der Waals surface area contributed by atoms with Crippen LogP contribution in [0.5, 0.6) is 0 Å². The van der Waals surface area contributed by atoms with Crippen molar-refractivity contribution in [2.45, 2.75) is 39.8 Å². The van der Waals surface area contributed by atoms with Gasteiger partial charge in [0.25, 0.3) is 0 Å². The molecule has 1 aromatic carbocycles. The average molecular weight is 302 g/mol. The van der Waals surface area contributed by atoms with E-state index in [0.29, 0.717) is 24.8 Å². The lowest BCUT2D eigenvalue weighted by atomic mass is 10.1. The van der Waals surface area contributed by atoms with Crippen LogP contribution in [0.3, 0.4) is 0 Å². The van der Waals surface area contributed by atoms with Crippen LogP contribution in [-0.4, -0.2) is 29.9 Å². The number of guanidine groups is 1. The molecule has 0 aromatic heterocycles. The van der Waals surface area contributed by atoms with Crippen molar-refractivity contribution < 1.29 is 4.79 Å². The van der Waals surface area contributed by atoms with Crippen LogP contribution < -0.4 is 11.1 Å². The second-order valence-corrected chi connectivity index (χ2v) is 6.17. The monoisotopic (exact) mass is 302 g/mol. The highest BCUT2D eigenvalue weighted by Crippen LogP contribution is 2.22. The number of nitrogens with two attached hydrogens (primary N) is 1. The number of carbonyl (C=O) groups excluding carboxylic acids is 1. The molecule has 0 atom stereocenters. The molecule has 2 rings (SSSR count). The van der Waals surface area contributed by atoms with Gasteiger partial charge in [-0.05, 0) is 23.5 Å². The lowest BCUT2D eigenvalue weighted by Gasteiger charge is -2.15. The number of nitrogens with one attached hydrogen (secondary N) is 1. The van der Waals surface area contributed by atoms with E-state index in [1.807, 2.05) is 17.0 Å². The summed E-state index contributed by atoms with van der Waals surface area (Å²) in [6.07, 6.45) is 1.31. The van der Waals surface area contributed by atoms with E-state index in [2.05, 4.69) is 36.3 Å². The maximum absolute atomic E-state index is 12.2. The van der Waals surface area contributed by atoms with Crippen molar-refractivity contribution in [2.75, 3.05) is 13.1 Å². The molecule has 120 valence electrons. The van der Waals surface area contributed by atoms with Gasteiger partial charge in [0, 0.05) is 32.6 Å². The van der Waals surface area contributed by atoms with E-state index in [1.54, 1.807) is 0 Å². The largest absolute Gasteiger partial charge is 0.370 e. The lowest BCUT2D eigenvalue weighted by Crippen LogP contribution is -2.33. The molecule has 0 radical (unpaired) electrons. The van der Waals surface area contributed by atoms with Crippen molar-refractivity contribution in [1.29, 1.82) is 0 Å². The summed E-state index contributed by atoms with van der Waals surface area (Å²) < 4.78 is 0. The molecule has 0 saturated carbocycles. The van der Waals surface area contributed by atoms with Crippen LogP contribution in [0.15, 0.2) is 29.3 Å². The van der Waals surface area contributed by atoms with Crippen molar-refractivity contribution >= 4 is 11.9 Å². The summed E-state index contributed by atoms with van der Waals surface area (Å²) in [5, 5.41) is 3.06. The predicted molar refractivity (Wildman–Crippen MR) is 89.3 cm³/mol. The quantitative estimate of drug-likeness (QED) is 0.479.